The van der Waals surface area contributed by atoms with Crippen LogP contribution >= 0.6 is 12.6 Å². The summed E-state index contributed by atoms with van der Waals surface area (Å²) in [5.41, 5.74) is 0.469. The SMILES string of the molecule is O=C(NC1CCN(C2CC2)C1)c1ccc(F)c(S)c1. The standard InChI is InChI=1S/C14H17FN2OS/c15-12-4-1-9(7-13(12)19)14(18)16-10-5-6-17(8-10)11-2-3-11/h1,4,7,10-11,19H,2-3,5-6,8H2,(H,16,18). The molecular weight excluding hydrogens is 263 g/mol. The van der Waals surface area contributed by atoms with Crippen LogP contribution in [0.5, 0.6) is 0 Å². The first-order valence-electron chi connectivity index (χ1n) is 6.67. The fourth-order valence-corrected chi connectivity index (χ4v) is 2.81. The lowest BCUT2D eigenvalue weighted by atomic mass is 10.2. The van der Waals surface area contributed by atoms with Gasteiger partial charge in [0.2, 0.25) is 0 Å². The van der Waals surface area contributed by atoms with Gasteiger partial charge in [-0.15, -0.1) is 12.6 Å². The largest absolute Gasteiger partial charge is 0.348 e. The molecule has 1 aromatic carbocycles. The van der Waals surface area contributed by atoms with E-state index in [-0.39, 0.29) is 16.8 Å². The van der Waals surface area contributed by atoms with Gasteiger partial charge in [-0.05, 0) is 37.5 Å². The third-order valence-electron chi connectivity index (χ3n) is 3.83. The zero-order chi connectivity index (χ0) is 13.4. The first-order chi connectivity index (χ1) is 9.13. The number of nitrogens with one attached hydrogen (secondary N) is 1. The van der Waals surface area contributed by atoms with Gasteiger partial charge in [-0.2, -0.15) is 0 Å². The van der Waals surface area contributed by atoms with Crippen molar-refractivity contribution in [1.82, 2.24) is 10.2 Å². The van der Waals surface area contributed by atoms with Crippen molar-refractivity contribution in [2.45, 2.75) is 36.2 Å². The Hall–Kier alpha value is -1.07. The average molecular weight is 280 g/mol. The molecular formula is C14H17FN2OS. The van der Waals surface area contributed by atoms with Crippen molar-refractivity contribution in [2.75, 3.05) is 13.1 Å². The molecule has 1 unspecified atom stereocenters. The molecule has 5 heteroatoms. The van der Waals surface area contributed by atoms with Crippen molar-refractivity contribution in [1.29, 1.82) is 0 Å². The summed E-state index contributed by atoms with van der Waals surface area (Å²) in [4.78, 5) is 14.7. The summed E-state index contributed by atoms with van der Waals surface area (Å²) in [6.07, 6.45) is 3.58. The quantitative estimate of drug-likeness (QED) is 0.831. The highest BCUT2D eigenvalue weighted by Crippen LogP contribution is 2.29. The van der Waals surface area contributed by atoms with Crippen molar-refractivity contribution in [3.63, 3.8) is 0 Å². The molecule has 2 fully saturated rings. The lowest BCUT2D eigenvalue weighted by Gasteiger charge is -2.15. The van der Waals surface area contributed by atoms with Gasteiger partial charge in [-0.3, -0.25) is 9.69 Å². The number of nitrogens with zero attached hydrogens (tertiary/aromatic N) is 1. The number of halogens is 1. The van der Waals surface area contributed by atoms with Crippen molar-refractivity contribution < 1.29 is 9.18 Å². The molecule has 1 saturated heterocycles. The van der Waals surface area contributed by atoms with Crippen molar-refractivity contribution in [3.05, 3.63) is 29.6 Å². The third-order valence-corrected chi connectivity index (χ3v) is 4.17. The van der Waals surface area contributed by atoms with E-state index in [9.17, 15) is 9.18 Å². The zero-order valence-corrected chi connectivity index (χ0v) is 11.5. The first-order valence-corrected chi connectivity index (χ1v) is 7.11. The van der Waals surface area contributed by atoms with Crippen molar-refractivity contribution in [2.24, 2.45) is 0 Å². The van der Waals surface area contributed by atoms with Crippen LogP contribution in [-0.4, -0.2) is 36.0 Å². The maximum atomic E-state index is 13.1. The molecule has 1 heterocycles. The van der Waals surface area contributed by atoms with Gasteiger partial charge in [0.05, 0.1) is 0 Å². The van der Waals surface area contributed by atoms with E-state index < -0.39 is 5.82 Å². The second kappa shape index (κ2) is 5.13. The molecule has 1 atom stereocenters. The topological polar surface area (TPSA) is 32.3 Å². The van der Waals surface area contributed by atoms with Gasteiger partial charge in [-0.25, -0.2) is 4.39 Å². The zero-order valence-electron chi connectivity index (χ0n) is 10.6. The Balaban J connectivity index is 1.60. The summed E-state index contributed by atoms with van der Waals surface area (Å²) in [6.45, 7) is 2.00. The maximum Gasteiger partial charge on any atom is 0.251 e. The number of carbonyl (C=O) groups excluding carboxylic acids is 1. The van der Waals surface area contributed by atoms with Crippen LogP contribution < -0.4 is 5.32 Å². The fourth-order valence-electron chi connectivity index (χ4n) is 2.60. The molecule has 0 bridgehead atoms. The number of rotatable bonds is 3. The summed E-state index contributed by atoms with van der Waals surface area (Å²) in [5.74, 6) is -0.543. The molecule has 102 valence electrons. The Morgan fingerprint density at radius 3 is 2.84 bits per heavy atom. The normalized spacial score (nSPS) is 23.6. The summed E-state index contributed by atoms with van der Waals surface area (Å²) in [7, 11) is 0. The number of benzene rings is 1. The van der Waals surface area contributed by atoms with Gasteiger partial charge in [0.25, 0.3) is 5.91 Å². The van der Waals surface area contributed by atoms with E-state index in [1.165, 1.54) is 31.0 Å². The Morgan fingerprint density at radius 1 is 1.37 bits per heavy atom. The van der Waals surface area contributed by atoms with Gasteiger partial charge >= 0.3 is 0 Å². The maximum absolute atomic E-state index is 13.1. The molecule has 1 saturated carbocycles. The summed E-state index contributed by atoms with van der Waals surface area (Å²) >= 11 is 4.00. The van der Waals surface area contributed by atoms with Gasteiger partial charge in [0.15, 0.2) is 0 Å². The predicted octanol–water partition coefficient (Wildman–Crippen LogP) is 2.08. The van der Waals surface area contributed by atoms with E-state index in [0.29, 0.717) is 5.56 Å². The second-order valence-electron chi connectivity index (χ2n) is 5.35. The van der Waals surface area contributed by atoms with E-state index in [2.05, 4.69) is 22.8 Å². The summed E-state index contributed by atoms with van der Waals surface area (Å²) < 4.78 is 13.1. The second-order valence-corrected chi connectivity index (χ2v) is 5.83. The molecule has 1 amide bonds. The molecule has 0 radical (unpaired) electrons. The van der Waals surface area contributed by atoms with Gasteiger partial charge in [-0.1, -0.05) is 0 Å². The minimum Gasteiger partial charge on any atom is -0.348 e. The van der Waals surface area contributed by atoms with Crippen LogP contribution in [0.4, 0.5) is 4.39 Å². The molecule has 1 aliphatic carbocycles. The number of hydrogen-bond donors (Lipinski definition) is 2. The van der Waals surface area contributed by atoms with Gasteiger partial charge in [0.1, 0.15) is 5.82 Å². The minimum atomic E-state index is -0.402. The Kier molecular flexibility index (Phi) is 3.50. The predicted molar refractivity (Wildman–Crippen MR) is 74.1 cm³/mol. The highest BCUT2D eigenvalue weighted by atomic mass is 32.1. The molecule has 1 aliphatic heterocycles. The van der Waals surface area contributed by atoms with Crippen LogP contribution in [0, 0.1) is 5.82 Å². The summed E-state index contributed by atoms with van der Waals surface area (Å²) in [6, 6.07) is 5.21. The van der Waals surface area contributed by atoms with Crippen LogP contribution in [0.2, 0.25) is 0 Å². The van der Waals surface area contributed by atoms with Gasteiger partial charge in [0, 0.05) is 35.6 Å². The van der Waals surface area contributed by atoms with Crippen molar-refractivity contribution >= 4 is 18.5 Å². The van der Waals surface area contributed by atoms with Crippen LogP contribution in [0.15, 0.2) is 23.1 Å². The lowest BCUT2D eigenvalue weighted by molar-refractivity contribution is 0.0937. The minimum absolute atomic E-state index is 0.141. The van der Waals surface area contributed by atoms with E-state index in [4.69, 9.17) is 0 Å². The first kappa shape index (κ1) is 12.9. The number of likely N-dealkylation sites (tertiary alicyclic amines) is 1. The van der Waals surface area contributed by atoms with E-state index in [1.54, 1.807) is 0 Å². The molecule has 3 nitrogen and oxygen atoms in total. The fraction of sp³-hybridized carbons (Fsp3) is 0.500. The molecule has 1 aromatic rings. The smallest absolute Gasteiger partial charge is 0.251 e. The number of thiol groups is 1. The summed E-state index contributed by atoms with van der Waals surface area (Å²) in [5, 5.41) is 3.02. The number of amides is 1. The molecule has 0 aromatic heterocycles. The van der Waals surface area contributed by atoms with E-state index in [1.807, 2.05) is 0 Å². The molecule has 2 aliphatic rings. The lowest BCUT2D eigenvalue weighted by Crippen LogP contribution is -2.37. The van der Waals surface area contributed by atoms with E-state index >= 15 is 0 Å². The van der Waals surface area contributed by atoms with E-state index in [0.717, 1.165) is 25.6 Å². The highest BCUT2D eigenvalue weighted by Gasteiger charge is 2.34. The number of carbonyl (C=O) groups is 1. The Morgan fingerprint density at radius 2 is 2.16 bits per heavy atom. The Bertz CT molecular complexity index is 504. The monoisotopic (exact) mass is 280 g/mol. The molecule has 3 rings (SSSR count). The van der Waals surface area contributed by atoms with Crippen LogP contribution in [0.3, 0.4) is 0 Å². The molecule has 19 heavy (non-hydrogen) atoms. The highest BCUT2D eigenvalue weighted by molar-refractivity contribution is 7.80. The average Bonchev–Trinajstić information content (AvgIpc) is 3.14. The molecule has 0 spiro atoms. The van der Waals surface area contributed by atoms with Crippen molar-refractivity contribution in [3.8, 4) is 0 Å². The van der Waals surface area contributed by atoms with Crippen LogP contribution in [-0.2, 0) is 0 Å². The van der Waals surface area contributed by atoms with Gasteiger partial charge < -0.3 is 5.32 Å². The molecule has 1 N–H and O–H groups in total. The third kappa shape index (κ3) is 2.92. The Labute approximate surface area is 117 Å². The van der Waals surface area contributed by atoms with Crippen LogP contribution in [0.25, 0.3) is 0 Å². The van der Waals surface area contributed by atoms with Crippen LogP contribution in [0.1, 0.15) is 29.6 Å². The number of hydrogen-bond acceptors (Lipinski definition) is 3.